The zero-order chi connectivity index (χ0) is 14.1. The molecule has 0 unspecified atom stereocenters. The topological polar surface area (TPSA) is 72.2 Å². The lowest BCUT2D eigenvalue weighted by molar-refractivity contribution is 0.336. The lowest BCUT2D eigenvalue weighted by atomic mass is 9.89. The Hall–Kier alpha value is -0.590. The molecule has 19 heavy (non-hydrogen) atoms. The molecule has 106 valence electrons. The SMILES string of the molecule is CC1(CNS(=O)(=O)c2ccc(N)cc2Br)CCCC1. The van der Waals surface area contributed by atoms with Gasteiger partial charge in [0, 0.05) is 16.7 Å². The molecule has 0 radical (unpaired) electrons. The van der Waals surface area contributed by atoms with Crippen LogP contribution < -0.4 is 10.5 Å². The molecule has 4 nitrogen and oxygen atoms in total. The normalized spacial score (nSPS) is 18.6. The smallest absolute Gasteiger partial charge is 0.241 e. The van der Waals surface area contributed by atoms with Crippen LogP contribution in [0.25, 0.3) is 0 Å². The Morgan fingerprint density at radius 3 is 2.58 bits per heavy atom. The standard InChI is InChI=1S/C13H19BrN2O2S/c1-13(6-2-3-7-13)9-16-19(17,18)12-5-4-10(15)8-11(12)14/h4-5,8,16H,2-3,6-7,9,15H2,1H3. The number of hydrogen-bond acceptors (Lipinski definition) is 3. The lowest BCUT2D eigenvalue weighted by Crippen LogP contribution is -2.34. The van der Waals surface area contributed by atoms with Crippen LogP contribution in [-0.4, -0.2) is 15.0 Å². The van der Waals surface area contributed by atoms with Gasteiger partial charge in [-0.05, 0) is 52.4 Å². The van der Waals surface area contributed by atoms with Crippen LogP contribution in [-0.2, 0) is 10.0 Å². The summed E-state index contributed by atoms with van der Waals surface area (Å²) in [5.41, 5.74) is 6.25. The highest BCUT2D eigenvalue weighted by molar-refractivity contribution is 9.10. The number of nitrogen functional groups attached to an aromatic ring is 1. The van der Waals surface area contributed by atoms with E-state index in [1.54, 1.807) is 12.1 Å². The highest BCUT2D eigenvalue weighted by atomic mass is 79.9. The Labute approximate surface area is 122 Å². The van der Waals surface area contributed by atoms with Crippen LogP contribution in [0.2, 0.25) is 0 Å². The van der Waals surface area contributed by atoms with E-state index in [0.29, 0.717) is 16.7 Å². The number of nitrogens with one attached hydrogen (secondary N) is 1. The van der Waals surface area contributed by atoms with E-state index in [0.717, 1.165) is 12.8 Å². The molecule has 0 bridgehead atoms. The summed E-state index contributed by atoms with van der Waals surface area (Å²) in [6, 6.07) is 4.72. The minimum Gasteiger partial charge on any atom is -0.399 e. The molecule has 0 aliphatic heterocycles. The summed E-state index contributed by atoms with van der Waals surface area (Å²) in [6.07, 6.45) is 4.53. The summed E-state index contributed by atoms with van der Waals surface area (Å²) >= 11 is 3.25. The first-order chi connectivity index (χ1) is 8.82. The quantitative estimate of drug-likeness (QED) is 0.823. The van der Waals surface area contributed by atoms with Crippen LogP contribution in [0.3, 0.4) is 0 Å². The number of rotatable bonds is 4. The number of benzene rings is 1. The van der Waals surface area contributed by atoms with Gasteiger partial charge < -0.3 is 5.73 Å². The molecule has 1 aliphatic carbocycles. The number of sulfonamides is 1. The van der Waals surface area contributed by atoms with Crippen LogP contribution in [0.15, 0.2) is 27.6 Å². The third-order valence-electron chi connectivity index (χ3n) is 3.75. The average Bonchev–Trinajstić information content (AvgIpc) is 2.74. The minimum absolute atomic E-state index is 0.0906. The Morgan fingerprint density at radius 1 is 1.37 bits per heavy atom. The first-order valence-corrected chi connectivity index (χ1v) is 8.65. The molecule has 0 heterocycles. The van der Waals surface area contributed by atoms with E-state index >= 15 is 0 Å². The molecule has 1 aliphatic rings. The zero-order valence-electron chi connectivity index (χ0n) is 10.9. The lowest BCUT2D eigenvalue weighted by Gasteiger charge is -2.23. The van der Waals surface area contributed by atoms with Crippen molar-refractivity contribution in [2.75, 3.05) is 12.3 Å². The van der Waals surface area contributed by atoms with Gasteiger partial charge in [0.15, 0.2) is 0 Å². The van der Waals surface area contributed by atoms with Crippen molar-refractivity contribution in [2.24, 2.45) is 5.41 Å². The number of halogens is 1. The van der Waals surface area contributed by atoms with Gasteiger partial charge in [0.05, 0.1) is 4.90 Å². The molecule has 6 heteroatoms. The van der Waals surface area contributed by atoms with Crippen LogP contribution in [0, 0.1) is 5.41 Å². The fourth-order valence-electron chi connectivity index (χ4n) is 2.49. The second-order valence-electron chi connectivity index (χ2n) is 5.53. The van der Waals surface area contributed by atoms with Gasteiger partial charge in [-0.1, -0.05) is 19.8 Å². The molecule has 0 spiro atoms. The minimum atomic E-state index is -3.49. The highest BCUT2D eigenvalue weighted by Gasteiger charge is 2.30. The molecule has 1 aromatic rings. The Kier molecular flexibility index (Phi) is 4.23. The fraction of sp³-hybridized carbons (Fsp3) is 0.538. The zero-order valence-corrected chi connectivity index (χ0v) is 13.4. The van der Waals surface area contributed by atoms with Gasteiger partial charge >= 0.3 is 0 Å². The van der Waals surface area contributed by atoms with Gasteiger partial charge in [0.2, 0.25) is 10.0 Å². The van der Waals surface area contributed by atoms with Crippen LogP contribution in [0.1, 0.15) is 32.6 Å². The Morgan fingerprint density at radius 2 is 2.00 bits per heavy atom. The molecule has 2 rings (SSSR count). The van der Waals surface area contributed by atoms with Crippen molar-refractivity contribution >= 4 is 31.6 Å². The second-order valence-corrected chi connectivity index (χ2v) is 8.12. The van der Waals surface area contributed by atoms with Gasteiger partial charge in [-0.2, -0.15) is 0 Å². The van der Waals surface area contributed by atoms with E-state index in [2.05, 4.69) is 27.6 Å². The van der Waals surface area contributed by atoms with Crippen molar-refractivity contribution in [3.63, 3.8) is 0 Å². The van der Waals surface area contributed by atoms with E-state index in [4.69, 9.17) is 5.73 Å². The van der Waals surface area contributed by atoms with E-state index in [1.165, 1.54) is 18.9 Å². The molecule has 0 atom stereocenters. The summed E-state index contributed by atoms with van der Waals surface area (Å²) < 4.78 is 27.8. The summed E-state index contributed by atoms with van der Waals surface area (Å²) in [7, 11) is -3.49. The Bertz CT molecular complexity index is 566. The first-order valence-electron chi connectivity index (χ1n) is 6.37. The molecular weight excluding hydrogens is 328 g/mol. The van der Waals surface area contributed by atoms with Crippen LogP contribution >= 0.6 is 15.9 Å². The largest absolute Gasteiger partial charge is 0.399 e. The summed E-state index contributed by atoms with van der Waals surface area (Å²) in [6.45, 7) is 2.63. The monoisotopic (exact) mass is 346 g/mol. The fourth-order valence-corrected chi connectivity index (χ4v) is 4.78. The average molecular weight is 347 g/mol. The van der Waals surface area contributed by atoms with Crippen molar-refractivity contribution in [3.05, 3.63) is 22.7 Å². The van der Waals surface area contributed by atoms with Gasteiger partial charge in [0.25, 0.3) is 0 Å². The van der Waals surface area contributed by atoms with Gasteiger partial charge in [-0.3, -0.25) is 0 Å². The van der Waals surface area contributed by atoms with E-state index < -0.39 is 10.0 Å². The van der Waals surface area contributed by atoms with Crippen molar-refractivity contribution in [3.8, 4) is 0 Å². The predicted molar refractivity (Wildman–Crippen MR) is 80.3 cm³/mol. The molecular formula is C13H19BrN2O2S. The third-order valence-corrected chi connectivity index (χ3v) is 6.12. The van der Waals surface area contributed by atoms with E-state index in [1.807, 2.05) is 0 Å². The summed E-state index contributed by atoms with van der Waals surface area (Å²) in [5, 5.41) is 0. The van der Waals surface area contributed by atoms with Crippen molar-refractivity contribution in [1.29, 1.82) is 0 Å². The van der Waals surface area contributed by atoms with Gasteiger partial charge in [-0.15, -0.1) is 0 Å². The van der Waals surface area contributed by atoms with Crippen molar-refractivity contribution in [1.82, 2.24) is 4.72 Å². The van der Waals surface area contributed by atoms with Gasteiger partial charge in [-0.25, -0.2) is 13.1 Å². The number of nitrogens with two attached hydrogens (primary N) is 1. The van der Waals surface area contributed by atoms with Crippen molar-refractivity contribution in [2.45, 2.75) is 37.5 Å². The molecule has 1 saturated carbocycles. The van der Waals surface area contributed by atoms with Crippen molar-refractivity contribution < 1.29 is 8.42 Å². The van der Waals surface area contributed by atoms with Crippen LogP contribution in [0.4, 0.5) is 5.69 Å². The molecule has 0 saturated heterocycles. The van der Waals surface area contributed by atoms with E-state index in [-0.39, 0.29) is 10.3 Å². The summed E-state index contributed by atoms with van der Waals surface area (Å²) in [4.78, 5) is 0.239. The number of hydrogen-bond donors (Lipinski definition) is 2. The predicted octanol–water partition coefficient (Wildman–Crippen LogP) is 2.89. The van der Waals surface area contributed by atoms with Crippen LogP contribution in [0.5, 0.6) is 0 Å². The molecule has 1 aromatic carbocycles. The highest BCUT2D eigenvalue weighted by Crippen LogP contribution is 2.37. The maximum absolute atomic E-state index is 12.3. The van der Waals surface area contributed by atoms with Gasteiger partial charge in [0.1, 0.15) is 0 Å². The summed E-state index contributed by atoms with van der Waals surface area (Å²) in [5.74, 6) is 0. The molecule has 3 N–H and O–H groups in total. The molecule has 1 fully saturated rings. The second kappa shape index (κ2) is 5.42. The molecule has 0 aromatic heterocycles. The Balaban J connectivity index is 2.14. The maximum atomic E-state index is 12.3. The third kappa shape index (κ3) is 3.49. The van der Waals surface area contributed by atoms with E-state index in [9.17, 15) is 8.42 Å². The molecule has 0 amide bonds. The number of anilines is 1. The first kappa shape index (κ1) is 14.8. The maximum Gasteiger partial charge on any atom is 0.241 e.